The third-order valence-electron chi connectivity index (χ3n) is 3.56. The van der Waals surface area contributed by atoms with Crippen molar-refractivity contribution in [2.45, 2.75) is 44.8 Å². The van der Waals surface area contributed by atoms with Gasteiger partial charge in [-0.25, -0.2) is 9.59 Å². The van der Waals surface area contributed by atoms with Crippen molar-refractivity contribution < 1.29 is 24.2 Å². The number of primary amides is 1. The Hall–Kier alpha value is -1.83. The van der Waals surface area contributed by atoms with Gasteiger partial charge in [-0.2, -0.15) is 0 Å². The van der Waals surface area contributed by atoms with Gasteiger partial charge in [0.05, 0.1) is 6.10 Å². The summed E-state index contributed by atoms with van der Waals surface area (Å²) in [5.74, 6) is -1.55. The third-order valence-corrected chi connectivity index (χ3v) is 3.56. The summed E-state index contributed by atoms with van der Waals surface area (Å²) in [7, 11) is 0. The van der Waals surface area contributed by atoms with Crippen LogP contribution in [0.3, 0.4) is 0 Å². The molecular formula is C13H23N3O5. The Balaban J connectivity index is 2.36. The number of rotatable bonds is 8. The Morgan fingerprint density at radius 1 is 1.43 bits per heavy atom. The first-order chi connectivity index (χ1) is 9.93. The highest BCUT2D eigenvalue weighted by molar-refractivity contribution is 5.83. The zero-order chi connectivity index (χ0) is 15.8. The first kappa shape index (κ1) is 17.2. The van der Waals surface area contributed by atoms with Crippen molar-refractivity contribution in [1.29, 1.82) is 0 Å². The number of carboxylic acid groups (broad SMARTS) is 1. The SMILES string of the molecule is CCC1OCCC1CNC(=O)NC(CCC(N)=O)C(=O)O. The summed E-state index contributed by atoms with van der Waals surface area (Å²) in [6.45, 7) is 3.14. The van der Waals surface area contributed by atoms with E-state index in [1.165, 1.54) is 0 Å². The Kier molecular flexibility index (Phi) is 6.93. The van der Waals surface area contributed by atoms with Crippen molar-refractivity contribution in [3.05, 3.63) is 0 Å². The third kappa shape index (κ3) is 5.99. The van der Waals surface area contributed by atoms with Crippen molar-refractivity contribution in [1.82, 2.24) is 10.6 Å². The van der Waals surface area contributed by atoms with Crippen LogP contribution in [0.1, 0.15) is 32.6 Å². The largest absolute Gasteiger partial charge is 0.480 e. The van der Waals surface area contributed by atoms with Crippen molar-refractivity contribution >= 4 is 17.9 Å². The molecule has 120 valence electrons. The van der Waals surface area contributed by atoms with Gasteiger partial charge in [-0.3, -0.25) is 4.79 Å². The van der Waals surface area contributed by atoms with Crippen molar-refractivity contribution in [2.75, 3.05) is 13.2 Å². The monoisotopic (exact) mass is 301 g/mol. The van der Waals surface area contributed by atoms with Crippen LogP contribution >= 0.6 is 0 Å². The number of carbonyl (C=O) groups excluding carboxylic acids is 2. The summed E-state index contributed by atoms with van der Waals surface area (Å²) in [5, 5.41) is 14.0. The molecule has 0 aromatic heterocycles. The number of hydrogen-bond acceptors (Lipinski definition) is 4. The minimum absolute atomic E-state index is 0.0256. The lowest BCUT2D eigenvalue weighted by Gasteiger charge is -2.19. The second-order valence-electron chi connectivity index (χ2n) is 5.12. The summed E-state index contributed by atoms with van der Waals surface area (Å²) in [6.07, 6.45) is 1.77. The van der Waals surface area contributed by atoms with Gasteiger partial charge in [-0.1, -0.05) is 6.92 Å². The fourth-order valence-corrected chi connectivity index (χ4v) is 2.35. The molecule has 0 saturated carbocycles. The Morgan fingerprint density at radius 3 is 2.71 bits per heavy atom. The lowest BCUT2D eigenvalue weighted by Crippen LogP contribution is -2.47. The standard InChI is InChI=1S/C13H23N3O5/c1-2-10-8(5-6-21-10)7-15-13(20)16-9(12(18)19)3-4-11(14)17/h8-10H,2-7H2,1H3,(H2,14,17)(H,18,19)(H2,15,16,20). The smallest absolute Gasteiger partial charge is 0.326 e. The minimum atomic E-state index is -1.19. The number of hydrogen-bond donors (Lipinski definition) is 4. The van der Waals surface area contributed by atoms with E-state index >= 15 is 0 Å². The first-order valence-electron chi connectivity index (χ1n) is 7.11. The van der Waals surface area contributed by atoms with Crippen LogP contribution in [0.2, 0.25) is 0 Å². The molecule has 1 fully saturated rings. The zero-order valence-corrected chi connectivity index (χ0v) is 12.1. The van der Waals surface area contributed by atoms with Crippen molar-refractivity contribution in [3.63, 3.8) is 0 Å². The van der Waals surface area contributed by atoms with Gasteiger partial charge in [0, 0.05) is 25.5 Å². The van der Waals surface area contributed by atoms with Crippen molar-refractivity contribution in [3.8, 4) is 0 Å². The highest BCUT2D eigenvalue weighted by Crippen LogP contribution is 2.22. The maximum absolute atomic E-state index is 11.7. The van der Waals surface area contributed by atoms with Crippen LogP contribution in [0.5, 0.6) is 0 Å². The molecule has 0 spiro atoms. The van der Waals surface area contributed by atoms with Crippen LogP contribution < -0.4 is 16.4 Å². The molecule has 0 aromatic carbocycles. The second kappa shape index (κ2) is 8.46. The predicted octanol–water partition coefficient (Wildman–Crippen LogP) is -0.181. The van der Waals surface area contributed by atoms with Crippen LogP contribution in [-0.2, 0) is 14.3 Å². The molecule has 1 heterocycles. The molecule has 21 heavy (non-hydrogen) atoms. The van der Waals surface area contributed by atoms with E-state index in [4.69, 9.17) is 15.6 Å². The highest BCUT2D eigenvalue weighted by Gasteiger charge is 2.27. The van der Waals surface area contributed by atoms with Gasteiger partial charge in [-0.05, 0) is 19.3 Å². The van der Waals surface area contributed by atoms with Crippen LogP contribution in [0.25, 0.3) is 0 Å². The number of aliphatic carboxylic acids is 1. The molecule has 0 bridgehead atoms. The molecule has 1 aliphatic rings. The summed E-state index contributed by atoms with van der Waals surface area (Å²) in [4.78, 5) is 33.4. The van der Waals surface area contributed by atoms with E-state index in [9.17, 15) is 14.4 Å². The highest BCUT2D eigenvalue weighted by atomic mass is 16.5. The van der Waals surface area contributed by atoms with Crippen LogP contribution in [0, 0.1) is 5.92 Å². The lowest BCUT2D eigenvalue weighted by atomic mass is 10.00. The quantitative estimate of drug-likeness (QED) is 0.494. The van der Waals surface area contributed by atoms with E-state index < -0.39 is 23.9 Å². The zero-order valence-electron chi connectivity index (χ0n) is 12.1. The normalized spacial score (nSPS) is 22.5. The number of urea groups is 1. The van der Waals surface area contributed by atoms with Gasteiger partial charge in [0.1, 0.15) is 6.04 Å². The maximum atomic E-state index is 11.7. The van der Waals surface area contributed by atoms with Gasteiger partial charge in [0.15, 0.2) is 0 Å². The fourth-order valence-electron chi connectivity index (χ4n) is 2.35. The maximum Gasteiger partial charge on any atom is 0.326 e. The van der Waals surface area contributed by atoms with Gasteiger partial charge in [0.2, 0.25) is 5.91 Å². The first-order valence-corrected chi connectivity index (χ1v) is 7.11. The molecule has 8 nitrogen and oxygen atoms in total. The number of ether oxygens (including phenoxy) is 1. The Morgan fingerprint density at radius 2 is 2.14 bits per heavy atom. The molecule has 0 radical (unpaired) electrons. The lowest BCUT2D eigenvalue weighted by molar-refractivity contribution is -0.139. The van der Waals surface area contributed by atoms with E-state index in [0.29, 0.717) is 13.2 Å². The molecule has 5 N–H and O–H groups in total. The van der Waals surface area contributed by atoms with Gasteiger partial charge >= 0.3 is 12.0 Å². The molecular weight excluding hydrogens is 278 g/mol. The average Bonchev–Trinajstić information content (AvgIpc) is 2.88. The summed E-state index contributed by atoms with van der Waals surface area (Å²) in [6, 6.07) is -1.69. The molecule has 1 saturated heterocycles. The van der Waals surface area contributed by atoms with E-state index in [1.54, 1.807) is 0 Å². The molecule has 3 amide bonds. The van der Waals surface area contributed by atoms with Crippen LogP contribution in [-0.4, -0.2) is 48.3 Å². The molecule has 3 unspecified atom stereocenters. The predicted molar refractivity (Wildman–Crippen MR) is 74.5 cm³/mol. The van der Waals surface area contributed by atoms with Gasteiger partial charge < -0.3 is 26.2 Å². The molecule has 0 aromatic rings. The van der Waals surface area contributed by atoms with Gasteiger partial charge in [-0.15, -0.1) is 0 Å². The van der Waals surface area contributed by atoms with E-state index in [2.05, 4.69) is 10.6 Å². The molecule has 3 atom stereocenters. The number of carbonyl (C=O) groups is 3. The van der Waals surface area contributed by atoms with Crippen molar-refractivity contribution in [2.24, 2.45) is 11.7 Å². The van der Waals surface area contributed by atoms with Gasteiger partial charge in [0.25, 0.3) is 0 Å². The Labute approximate surface area is 123 Å². The summed E-state index contributed by atoms with van der Waals surface area (Å²) >= 11 is 0. The minimum Gasteiger partial charge on any atom is -0.480 e. The molecule has 8 heteroatoms. The van der Waals surface area contributed by atoms with Crippen LogP contribution in [0.15, 0.2) is 0 Å². The van der Waals surface area contributed by atoms with E-state index in [0.717, 1.165) is 12.8 Å². The van der Waals surface area contributed by atoms with E-state index in [-0.39, 0.29) is 24.9 Å². The molecule has 1 aliphatic heterocycles. The van der Waals surface area contributed by atoms with Crippen LogP contribution in [0.4, 0.5) is 4.79 Å². The number of carboxylic acids is 1. The summed E-state index contributed by atoms with van der Waals surface area (Å²) < 4.78 is 5.51. The number of nitrogens with two attached hydrogens (primary N) is 1. The molecule has 0 aliphatic carbocycles. The number of nitrogens with one attached hydrogen (secondary N) is 2. The second-order valence-corrected chi connectivity index (χ2v) is 5.12. The Bertz CT molecular complexity index is 388. The summed E-state index contributed by atoms with van der Waals surface area (Å²) in [5.41, 5.74) is 4.97. The fraction of sp³-hybridized carbons (Fsp3) is 0.769. The average molecular weight is 301 g/mol. The molecule has 1 rings (SSSR count). The number of amides is 3. The topological polar surface area (TPSA) is 131 Å². The van der Waals surface area contributed by atoms with E-state index in [1.807, 2.05) is 6.92 Å².